The molecule has 0 radical (unpaired) electrons. The molecule has 1 aromatic heterocycles. The fraction of sp³-hybridized carbons (Fsp3) is 0.412. The molecule has 0 fully saturated rings. The lowest BCUT2D eigenvalue weighted by molar-refractivity contribution is -0.0182. The lowest BCUT2D eigenvalue weighted by Crippen LogP contribution is -2.23. The molecule has 0 aliphatic carbocycles. The van der Waals surface area contributed by atoms with Crippen molar-refractivity contribution in [3.05, 3.63) is 62.3 Å². The van der Waals surface area contributed by atoms with Gasteiger partial charge in [0, 0.05) is 22.7 Å². The third-order valence-electron chi connectivity index (χ3n) is 3.24. The second-order valence-electron chi connectivity index (χ2n) is 6.25. The second kappa shape index (κ2) is 6.63. The van der Waals surface area contributed by atoms with Crippen molar-refractivity contribution in [3.8, 4) is 0 Å². The van der Waals surface area contributed by atoms with E-state index in [0.29, 0.717) is 28.5 Å². The number of H-pyrrole nitrogens is 1. The number of aromatic nitrogens is 2. The highest BCUT2D eigenvalue weighted by atomic mass is 35.5. The molecule has 0 bridgehead atoms. The van der Waals surface area contributed by atoms with Crippen molar-refractivity contribution in [2.75, 3.05) is 0 Å². The van der Waals surface area contributed by atoms with E-state index in [0.717, 1.165) is 5.56 Å². The Morgan fingerprint density at radius 1 is 1.27 bits per heavy atom. The molecule has 2 aromatic rings. The molecule has 0 aliphatic heterocycles. The number of ether oxygens (including phenoxy) is 1. The third-order valence-corrected chi connectivity index (χ3v) is 3.61. The number of hydrogen-bond donors (Lipinski definition) is 1. The van der Waals surface area contributed by atoms with Crippen LogP contribution in [0.4, 0.5) is 0 Å². The smallest absolute Gasteiger partial charge is 0.254 e. The molecule has 0 saturated heterocycles. The van der Waals surface area contributed by atoms with E-state index in [-0.39, 0.29) is 17.8 Å². The monoisotopic (exact) mass is 320 g/mol. The number of aromatic amines is 1. The minimum absolute atomic E-state index is 0.139. The van der Waals surface area contributed by atoms with Crippen LogP contribution in [-0.2, 0) is 17.8 Å². The fourth-order valence-corrected chi connectivity index (χ4v) is 2.26. The minimum atomic E-state index is -0.275. The van der Waals surface area contributed by atoms with E-state index in [1.165, 1.54) is 0 Å². The summed E-state index contributed by atoms with van der Waals surface area (Å²) < 4.78 is 5.65. The molecule has 5 heteroatoms. The average Bonchev–Trinajstić information content (AvgIpc) is 2.42. The van der Waals surface area contributed by atoms with E-state index in [9.17, 15) is 4.79 Å². The van der Waals surface area contributed by atoms with Gasteiger partial charge in [-0.1, -0.05) is 29.8 Å². The molecular weight excluding hydrogens is 300 g/mol. The van der Waals surface area contributed by atoms with Crippen LogP contribution in [-0.4, -0.2) is 15.6 Å². The Bertz CT molecular complexity index is 717. The first-order chi connectivity index (χ1) is 10.3. The van der Waals surface area contributed by atoms with Gasteiger partial charge in [0.2, 0.25) is 0 Å². The van der Waals surface area contributed by atoms with Gasteiger partial charge in [0.15, 0.2) is 0 Å². The van der Waals surface area contributed by atoms with E-state index in [1.807, 2.05) is 52.0 Å². The molecule has 4 nitrogen and oxygen atoms in total. The van der Waals surface area contributed by atoms with Crippen molar-refractivity contribution < 1.29 is 4.74 Å². The van der Waals surface area contributed by atoms with Crippen LogP contribution in [0.3, 0.4) is 0 Å². The van der Waals surface area contributed by atoms with Crippen molar-refractivity contribution in [3.63, 3.8) is 0 Å². The van der Waals surface area contributed by atoms with Crippen LogP contribution in [0.2, 0.25) is 5.02 Å². The molecule has 0 spiro atoms. The molecule has 1 aromatic carbocycles. The number of benzene rings is 1. The minimum Gasteiger partial charge on any atom is -0.368 e. The molecule has 0 amide bonds. The maximum Gasteiger partial charge on any atom is 0.254 e. The highest BCUT2D eigenvalue weighted by molar-refractivity contribution is 6.31. The van der Waals surface area contributed by atoms with Crippen molar-refractivity contribution >= 4 is 11.6 Å². The number of hydrogen-bond acceptors (Lipinski definition) is 3. The predicted octanol–water partition coefficient (Wildman–Crippen LogP) is 3.64. The van der Waals surface area contributed by atoms with Gasteiger partial charge in [0.05, 0.1) is 5.60 Å². The lowest BCUT2D eigenvalue weighted by Gasteiger charge is -2.19. The molecule has 22 heavy (non-hydrogen) atoms. The highest BCUT2D eigenvalue weighted by Crippen LogP contribution is 2.18. The Morgan fingerprint density at radius 2 is 1.95 bits per heavy atom. The summed E-state index contributed by atoms with van der Waals surface area (Å²) in [7, 11) is 0. The molecule has 0 atom stereocenters. The predicted molar refractivity (Wildman–Crippen MR) is 88.4 cm³/mol. The Labute approximate surface area is 135 Å². The summed E-state index contributed by atoms with van der Waals surface area (Å²) in [6, 6.07) is 7.51. The lowest BCUT2D eigenvalue weighted by atomic mass is 10.1. The van der Waals surface area contributed by atoms with Crippen molar-refractivity contribution in [1.82, 2.24) is 9.97 Å². The zero-order chi connectivity index (χ0) is 16.3. The molecule has 0 saturated carbocycles. The zero-order valence-electron chi connectivity index (χ0n) is 13.4. The van der Waals surface area contributed by atoms with E-state index in [4.69, 9.17) is 16.3 Å². The van der Waals surface area contributed by atoms with E-state index in [2.05, 4.69) is 9.97 Å². The summed E-state index contributed by atoms with van der Waals surface area (Å²) in [6.45, 7) is 8.01. The van der Waals surface area contributed by atoms with E-state index in [1.54, 1.807) is 0 Å². The molecular formula is C17H21ClN2O2. The van der Waals surface area contributed by atoms with Gasteiger partial charge < -0.3 is 9.72 Å². The first kappa shape index (κ1) is 16.7. The summed E-state index contributed by atoms with van der Waals surface area (Å²) in [6.07, 6.45) is 0.467. The number of halogens is 1. The van der Waals surface area contributed by atoms with Crippen LogP contribution in [0, 0.1) is 6.92 Å². The van der Waals surface area contributed by atoms with Crippen LogP contribution in [0.1, 0.15) is 43.4 Å². The number of nitrogens with one attached hydrogen (secondary N) is 1. The normalized spacial score (nSPS) is 11.7. The van der Waals surface area contributed by atoms with Gasteiger partial charge in [0.1, 0.15) is 12.4 Å². The molecule has 0 aliphatic rings. The summed E-state index contributed by atoms with van der Waals surface area (Å²) in [5.74, 6) is 0.542. The summed E-state index contributed by atoms with van der Waals surface area (Å²) in [5, 5.41) is 0.654. The topological polar surface area (TPSA) is 55.0 Å². The van der Waals surface area contributed by atoms with Crippen LogP contribution in [0.25, 0.3) is 0 Å². The molecule has 1 heterocycles. The van der Waals surface area contributed by atoms with E-state index < -0.39 is 0 Å². The number of aryl methyl sites for hydroxylation is 1. The maximum absolute atomic E-state index is 12.3. The average molecular weight is 321 g/mol. The van der Waals surface area contributed by atoms with Crippen LogP contribution >= 0.6 is 11.6 Å². The largest absolute Gasteiger partial charge is 0.368 e. The van der Waals surface area contributed by atoms with Gasteiger partial charge in [-0.2, -0.15) is 0 Å². The Hall–Kier alpha value is -1.65. The molecule has 118 valence electrons. The van der Waals surface area contributed by atoms with E-state index >= 15 is 0 Å². The zero-order valence-corrected chi connectivity index (χ0v) is 14.1. The summed E-state index contributed by atoms with van der Waals surface area (Å²) in [5.41, 5.74) is 1.84. The van der Waals surface area contributed by atoms with Crippen LogP contribution in [0.15, 0.2) is 29.1 Å². The van der Waals surface area contributed by atoms with Gasteiger partial charge in [-0.25, -0.2) is 4.98 Å². The maximum atomic E-state index is 12.3. The van der Waals surface area contributed by atoms with Crippen LogP contribution in [0.5, 0.6) is 0 Å². The van der Waals surface area contributed by atoms with Gasteiger partial charge in [-0.05, 0) is 39.3 Å². The Kier molecular flexibility index (Phi) is 5.04. The summed E-state index contributed by atoms with van der Waals surface area (Å²) >= 11 is 6.16. The SMILES string of the molecule is Cc1nc(COC(C)(C)C)[nH]c(=O)c1Cc1ccccc1Cl. The van der Waals surface area contributed by atoms with Gasteiger partial charge >= 0.3 is 0 Å². The van der Waals surface area contributed by atoms with Crippen molar-refractivity contribution in [2.24, 2.45) is 0 Å². The number of nitrogens with zero attached hydrogens (tertiary/aromatic N) is 1. The molecule has 1 N–H and O–H groups in total. The van der Waals surface area contributed by atoms with Gasteiger partial charge in [-0.15, -0.1) is 0 Å². The molecule has 0 unspecified atom stereocenters. The first-order valence-electron chi connectivity index (χ1n) is 7.22. The molecule has 2 rings (SSSR count). The third kappa shape index (κ3) is 4.42. The quantitative estimate of drug-likeness (QED) is 0.935. The second-order valence-corrected chi connectivity index (χ2v) is 6.65. The van der Waals surface area contributed by atoms with Gasteiger partial charge in [-0.3, -0.25) is 4.79 Å². The first-order valence-corrected chi connectivity index (χ1v) is 7.60. The standard InChI is InChI=1S/C17H21ClN2O2/c1-11-13(9-12-7-5-6-8-14(12)18)16(21)20-15(19-11)10-22-17(2,3)4/h5-8H,9-10H2,1-4H3,(H,19,20,21). The highest BCUT2D eigenvalue weighted by Gasteiger charge is 2.14. The fourth-order valence-electron chi connectivity index (χ4n) is 2.06. The van der Waals surface area contributed by atoms with Gasteiger partial charge in [0.25, 0.3) is 5.56 Å². The Balaban J connectivity index is 2.24. The van der Waals surface area contributed by atoms with Crippen molar-refractivity contribution in [2.45, 2.75) is 46.3 Å². The Morgan fingerprint density at radius 3 is 2.55 bits per heavy atom. The summed E-state index contributed by atoms with van der Waals surface area (Å²) in [4.78, 5) is 19.5. The van der Waals surface area contributed by atoms with Crippen LogP contribution < -0.4 is 5.56 Å². The number of rotatable bonds is 4. The van der Waals surface area contributed by atoms with Crippen molar-refractivity contribution in [1.29, 1.82) is 0 Å².